The largest absolute Gasteiger partial charge is 0.342 e. The first-order valence-corrected chi connectivity index (χ1v) is 10.8. The summed E-state index contributed by atoms with van der Waals surface area (Å²) in [6, 6.07) is 23.6. The van der Waals surface area contributed by atoms with Crippen LogP contribution >= 0.6 is 0 Å². The van der Waals surface area contributed by atoms with E-state index in [2.05, 4.69) is 35.6 Å². The zero-order valence-corrected chi connectivity index (χ0v) is 18.1. The van der Waals surface area contributed by atoms with E-state index in [1.165, 1.54) is 10.8 Å². The molecule has 0 saturated carbocycles. The molecule has 160 valence electrons. The summed E-state index contributed by atoms with van der Waals surface area (Å²) in [6.07, 6.45) is 1.11. The summed E-state index contributed by atoms with van der Waals surface area (Å²) in [6.45, 7) is 1.11. The van der Waals surface area contributed by atoms with E-state index >= 15 is 0 Å². The van der Waals surface area contributed by atoms with Crippen LogP contribution in [0.2, 0.25) is 0 Å². The standard InChI is InChI=1S/C26H29N3O2/c1-27-23(17-20-12-13-21-10-6-7-11-22(21)16-20)25(30)29-15-14-28(2)26(31)24(29)18-19-8-4-3-5-9-19/h3-13,16,23-24,27H,14-15,17-18H2,1-2H3/t23-,24-/m1/s1. The van der Waals surface area contributed by atoms with Gasteiger partial charge in [-0.15, -0.1) is 0 Å². The van der Waals surface area contributed by atoms with Crippen LogP contribution in [0.25, 0.3) is 10.8 Å². The molecule has 5 heteroatoms. The lowest BCUT2D eigenvalue weighted by atomic mass is 9.98. The van der Waals surface area contributed by atoms with Gasteiger partial charge in [0, 0.05) is 26.6 Å². The SMILES string of the molecule is CN[C@H](Cc1ccc2ccccc2c1)C(=O)N1CCN(C)C(=O)[C@H]1Cc1ccccc1. The Kier molecular flexibility index (Phi) is 6.33. The number of rotatable bonds is 6. The maximum atomic E-state index is 13.5. The molecule has 0 bridgehead atoms. The van der Waals surface area contributed by atoms with Crippen LogP contribution in [-0.2, 0) is 22.4 Å². The molecular formula is C26H29N3O2. The normalized spacial score (nSPS) is 17.7. The molecule has 1 fully saturated rings. The van der Waals surface area contributed by atoms with Gasteiger partial charge in [0.1, 0.15) is 6.04 Å². The molecule has 3 aromatic rings. The van der Waals surface area contributed by atoms with Gasteiger partial charge in [-0.2, -0.15) is 0 Å². The summed E-state index contributed by atoms with van der Waals surface area (Å²) < 4.78 is 0. The summed E-state index contributed by atoms with van der Waals surface area (Å²) in [4.78, 5) is 30.0. The highest BCUT2D eigenvalue weighted by atomic mass is 16.2. The van der Waals surface area contributed by atoms with E-state index in [1.807, 2.05) is 56.6 Å². The van der Waals surface area contributed by atoms with E-state index < -0.39 is 6.04 Å². The molecule has 1 aliphatic rings. The number of amides is 2. The van der Waals surface area contributed by atoms with Crippen molar-refractivity contribution in [3.05, 3.63) is 83.9 Å². The number of carbonyl (C=O) groups is 2. The molecule has 4 rings (SSSR count). The van der Waals surface area contributed by atoms with Crippen molar-refractivity contribution >= 4 is 22.6 Å². The maximum absolute atomic E-state index is 13.5. The third-order valence-corrected chi connectivity index (χ3v) is 6.17. The molecule has 1 N–H and O–H groups in total. The Morgan fingerprint density at radius 3 is 2.42 bits per heavy atom. The van der Waals surface area contributed by atoms with E-state index in [1.54, 1.807) is 9.80 Å². The van der Waals surface area contributed by atoms with Gasteiger partial charge in [0.25, 0.3) is 0 Å². The number of hydrogen-bond donors (Lipinski definition) is 1. The van der Waals surface area contributed by atoms with Crippen molar-refractivity contribution in [2.45, 2.75) is 24.9 Å². The second kappa shape index (κ2) is 9.31. The molecule has 2 atom stereocenters. The number of nitrogens with one attached hydrogen (secondary N) is 1. The Bertz CT molecular complexity index is 1070. The Labute approximate surface area is 183 Å². The average Bonchev–Trinajstić information content (AvgIpc) is 2.81. The van der Waals surface area contributed by atoms with Gasteiger partial charge in [-0.3, -0.25) is 9.59 Å². The number of hydrogen-bond acceptors (Lipinski definition) is 3. The Hall–Kier alpha value is -3.18. The van der Waals surface area contributed by atoms with Gasteiger partial charge >= 0.3 is 0 Å². The molecule has 2 amide bonds. The Morgan fingerprint density at radius 1 is 0.968 bits per heavy atom. The predicted octanol–water partition coefficient (Wildman–Crippen LogP) is 2.88. The summed E-state index contributed by atoms with van der Waals surface area (Å²) >= 11 is 0. The van der Waals surface area contributed by atoms with Crippen LogP contribution in [0.5, 0.6) is 0 Å². The lowest BCUT2D eigenvalue weighted by molar-refractivity contribution is -0.151. The molecule has 3 aromatic carbocycles. The fraction of sp³-hybridized carbons (Fsp3) is 0.308. The molecule has 0 radical (unpaired) electrons. The maximum Gasteiger partial charge on any atom is 0.245 e. The molecule has 1 heterocycles. The number of piperazine rings is 1. The summed E-state index contributed by atoms with van der Waals surface area (Å²) in [5, 5.41) is 5.54. The van der Waals surface area contributed by atoms with Crippen molar-refractivity contribution in [2.75, 3.05) is 27.2 Å². The average molecular weight is 416 g/mol. The van der Waals surface area contributed by atoms with Crippen LogP contribution in [-0.4, -0.2) is 60.9 Å². The van der Waals surface area contributed by atoms with Crippen LogP contribution in [0.3, 0.4) is 0 Å². The number of carbonyl (C=O) groups excluding carboxylic acids is 2. The number of fused-ring (bicyclic) bond motifs is 1. The minimum Gasteiger partial charge on any atom is -0.342 e. The van der Waals surface area contributed by atoms with Crippen LogP contribution < -0.4 is 5.32 Å². The van der Waals surface area contributed by atoms with Crippen molar-refractivity contribution < 1.29 is 9.59 Å². The molecule has 0 unspecified atom stereocenters. The molecular weight excluding hydrogens is 386 g/mol. The van der Waals surface area contributed by atoms with Crippen molar-refractivity contribution in [3.8, 4) is 0 Å². The summed E-state index contributed by atoms with van der Waals surface area (Å²) in [7, 11) is 3.63. The zero-order chi connectivity index (χ0) is 21.8. The Morgan fingerprint density at radius 2 is 1.68 bits per heavy atom. The van der Waals surface area contributed by atoms with Crippen molar-refractivity contribution in [1.82, 2.24) is 15.1 Å². The highest BCUT2D eigenvalue weighted by Gasteiger charge is 2.38. The summed E-state index contributed by atoms with van der Waals surface area (Å²) in [5.41, 5.74) is 2.16. The van der Waals surface area contributed by atoms with Gasteiger partial charge in [-0.25, -0.2) is 0 Å². The predicted molar refractivity (Wildman–Crippen MR) is 124 cm³/mol. The highest BCUT2D eigenvalue weighted by Crippen LogP contribution is 2.20. The highest BCUT2D eigenvalue weighted by molar-refractivity contribution is 5.91. The van der Waals surface area contributed by atoms with Crippen LogP contribution in [0, 0.1) is 0 Å². The van der Waals surface area contributed by atoms with Crippen LogP contribution in [0.1, 0.15) is 11.1 Å². The van der Waals surface area contributed by atoms with E-state index in [0.717, 1.165) is 11.1 Å². The minimum absolute atomic E-state index is 0.00371. The van der Waals surface area contributed by atoms with E-state index in [4.69, 9.17) is 0 Å². The molecule has 0 aromatic heterocycles. The molecule has 1 aliphatic heterocycles. The van der Waals surface area contributed by atoms with E-state index in [-0.39, 0.29) is 17.9 Å². The van der Waals surface area contributed by atoms with Crippen molar-refractivity contribution in [3.63, 3.8) is 0 Å². The fourth-order valence-corrected chi connectivity index (χ4v) is 4.32. The minimum atomic E-state index is -0.471. The fourth-order valence-electron chi connectivity index (χ4n) is 4.32. The first kappa shape index (κ1) is 21.1. The molecule has 5 nitrogen and oxygen atoms in total. The van der Waals surface area contributed by atoms with Crippen LogP contribution in [0.4, 0.5) is 0 Å². The van der Waals surface area contributed by atoms with Gasteiger partial charge in [-0.1, -0.05) is 72.8 Å². The number of likely N-dealkylation sites (N-methyl/N-ethyl adjacent to an activating group) is 2. The second-order valence-corrected chi connectivity index (χ2v) is 8.22. The quantitative estimate of drug-likeness (QED) is 0.674. The number of benzene rings is 3. The molecule has 0 aliphatic carbocycles. The van der Waals surface area contributed by atoms with Gasteiger partial charge < -0.3 is 15.1 Å². The monoisotopic (exact) mass is 415 g/mol. The Balaban J connectivity index is 1.55. The zero-order valence-electron chi connectivity index (χ0n) is 18.1. The third-order valence-electron chi connectivity index (χ3n) is 6.17. The van der Waals surface area contributed by atoms with Gasteiger partial charge in [0.05, 0.1) is 6.04 Å². The van der Waals surface area contributed by atoms with Gasteiger partial charge in [0.15, 0.2) is 0 Å². The smallest absolute Gasteiger partial charge is 0.245 e. The van der Waals surface area contributed by atoms with Crippen molar-refractivity contribution in [2.24, 2.45) is 0 Å². The molecule has 0 spiro atoms. The second-order valence-electron chi connectivity index (χ2n) is 8.22. The number of nitrogens with zero attached hydrogens (tertiary/aromatic N) is 2. The van der Waals surface area contributed by atoms with Gasteiger partial charge in [0.2, 0.25) is 11.8 Å². The van der Waals surface area contributed by atoms with E-state index in [0.29, 0.717) is 25.9 Å². The molecule has 31 heavy (non-hydrogen) atoms. The molecule has 1 saturated heterocycles. The van der Waals surface area contributed by atoms with Gasteiger partial charge in [-0.05, 0) is 35.4 Å². The lowest BCUT2D eigenvalue weighted by Crippen LogP contribution is -2.61. The first-order valence-electron chi connectivity index (χ1n) is 10.8. The van der Waals surface area contributed by atoms with Crippen LogP contribution in [0.15, 0.2) is 72.8 Å². The first-order chi connectivity index (χ1) is 15.1. The topological polar surface area (TPSA) is 52.7 Å². The third kappa shape index (κ3) is 4.62. The summed E-state index contributed by atoms with van der Waals surface area (Å²) in [5.74, 6) is -0.0120. The van der Waals surface area contributed by atoms with E-state index in [9.17, 15) is 9.59 Å². The lowest BCUT2D eigenvalue weighted by Gasteiger charge is -2.40. The van der Waals surface area contributed by atoms with Crippen molar-refractivity contribution in [1.29, 1.82) is 0 Å².